The van der Waals surface area contributed by atoms with E-state index in [-0.39, 0.29) is 17.4 Å². The van der Waals surface area contributed by atoms with Crippen molar-refractivity contribution < 1.29 is 4.74 Å². The minimum atomic E-state index is -0.533. The van der Waals surface area contributed by atoms with Gasteiger partial charge in [-0.3, -0.25) is 14.3 Å². The highest BCUT2D eigenvalue weighted by atomic mass is 32.1. The van der Waals surface area contributed by atoms with Crippen LogP contribution in [0, 0.1) is 0 Å². The first kappa shape index (κ1) is 16.2. The molecule has 4 N–H and O–H groups in total. The predicted molar refractivity (Wildman–Crippen MR) is 87.5 cm³/mol. The predicted octanol–water partition coefficient (Wildman–Crippen LogP) is 0.709. The maximum absolute atomic E-state index is 12.0. The van der Waals surface area contributed by atoms with E-state index in [2.05, 4.69) is 15.3 Å². The summed E-state index contributed by atoms with van der Waals surface area (Å²) >= 11 is 1.36. The van der Waals surface area contributed by atoms with Gasteiger partial charge in [0.25, 0.3) is 5.56 Å². The zero-order valence-corrected chi connectivity index (χ0v) is 13.5. The van der Waals surface area contributed by atoms with Crippen LogP contribution in [0.4, 0.5) is 10.9 Å². The van der Waals surface area contributed by atoms with E-state index in [0.717, 1.165) is 0 Å². The molecule has 0 saturated carbocycles. The highest BCUT2D eigenvalue weighted by Crippen LogP contribution is 2.26. The quantitative estimate of drug-likeness (QED) is 0.720. The fraction of sp³-hybridized carbons (Fsp3) is 0.462. The van der Waals surface area contributed by atoms with Gasteiger partial charge in [-0.1, -0.05) is 0 Å². The minimum Gasteiger partial charge on any atom is -0.384 e. The molecule has 2 aromatic heterocycles. The van der Waals surface area contributed by atoms with E-state index in [1.165, 1.54) is 15.9 Å². The normalized spacial score (nSPS) is 12.3. The van der Waals surface area contributed by atoms with Crippen LogP contribution in [0.5, 0.6) is 0 Å². The lowest BCUT2D eigenvalue weighted by Crippen LogP contribution is -2.33. The van der Waals surface area contributed by atoms with Gasteiger partial charge in [0.15, 0.2) is 5.13 Å². The number of aromatic amines is 1. The number of nitrogens with zero attached hydrogens (tertiary/aromatic N) is 2. The molecule has 0 aliphatic rings. The molecule has 0 aliphatic heterocycles. The number of nitrogens with two attached hydrogens (primary N) is 1. The molecule has 0 radical (unpaired) electrons. The van der Waals surface area contributed by atoms with Gasteiger partial charge in [-0.15, -0.1) is 11.3 Å². The molecule has 0 aromatic carbocycles. The number of nitrogens with one attached hydrogen (secondary N) is 2. The van der Waals surface area contributed by atoms with Gasteiger partial charge in [0.2, 0.25) is 0 Å². The Bertz CT molecular complexity index is 764. The van der Waals surface area contributed by atoms with Crippen molar-refractivity contribution in [3.8, 4) is 11.3 Å². The Balaban J connectivity index is 2.40. The molecule has 0 spiro atoms. The second kappa shape index (κ2) is 6.75. The first-order valence-corrected chi connectivity index (χ1v) is 7.69. The fourth-order valence-electron chi connectivity index (χ4n) is 2.11. The summed E-state index contributed by atoms with van der Waals surface area (Å²) in [7, 11) is 1.62. The Kier molecular flexibility index (Phi) is 4.99. The standard InChI is InChI=1S/C13H19N5O3S/c1-4-18-10(14)9(11(19)17-13(18)20)8-6-22-12(16-8)15-7(2)5-21-3/h6-7H,4-5,14H2,1-3H3,(H,15,16)(H,17,19,20)/t7-/m1/s1. The SMILES string of the molecule is CCn1c(N)c(-c2csc(N[C@H](C)COC)n2)c(=O)[nH]c1=O. The average molecular weight is 325 g/mol. The molecule has 1 atom stereocenters. The third-order valence-corrected chi connectivity index (χ3v) is 3.88. The Labute approximate surface area is 131 Å². The number of anilines is 2. The first-order chi connectivity index (χ1) is 10.5. The molecule has 9 heteroatoms. The lowest BCUT2D eigenvalue weighted by Gasteiger charge is -2.11. The summed E-state index contributed by atoms with van der Waals surface area (Å²) in [5.74, 6) is 0.123. The summed E-state index contributed by atoms with van der Waals surface area (Å²) < 4.78 is 6.35. The van der Waals surface area contributed by atoms with Gasteiger partial charge < -0.3 is 15.8 Å². The summed E-state index contributed by atoms with van der Waals surface area (Å²) in [4.78, 5) is 30.4. The molecule has 0 bridgehead atoms. The lowest BCUT2D eigenvalue weighted by atomic mass is 10.2. The number of methoxy groups -OCH3 is 1. The van der Waals surface area contributed by atoms with Crippen molar-refractivity contribution in [2.24, 2.45) is 0 Å². The zero-order chi connectivity index (χ0) is 16.3. The number of aromatic nitrogens is 3. The van der Waals surface area contributed by atoms with E-state index in [0.29, 0.717) is 24.0 Å². The molecule has 2 heterocycles. The van der Waals surface area contributed by atoms with E-state index in [4.69, 9.17) is 10.5 Å². The van der Waals surface area contributed by atoms with E-state index in [9.17, 15) is 9.59 Å². The smallest absolute Gasteiger partial charge is 0.329 e. The van der Waals surface area contributed by atoms with Gasteiger partial charge in [0.05, 0.1) is 12.3 Å². The maximum Gasteiger partial charge on any atom is 0.329 e. The van der Waals surface area contributed by atoms with Crippen LogP contribution in [0.1, 0.15) is 13.8 Å². The molecule has 0 aliphatic carbocycles. The second-order valence-electron chi connectivity index (χ2n) is 4.80. The van der Waals surface area contributed by atoms with Crippen LogP contribution in [0.3, 0.4) is 0 Å². The largest absolute Gasteiger partial charge is 0.384 e. The molecule has 8 nitrogen and oxygen atoms in total. The summed E-state index contributed by atoms with van der Waals surface area (Å²) in [6, 6.07) is 0.0872. The number of rotatable bonds is 6. The van der Waals surface area contributed by atoms with Crippen molar-refractivity contribution in [1.29, 1.82) is 0 Å². The van der Waals surface area contributed by atoms with E-state index in [1.807, 2.05) is 6.92 Å². The van der Waals surface area contributed by atoms with Crippen LogP contribution >= 0.6 is 11.3 Å². The molecule has 2 rings (SSSR count). The van der Waals surface area contributed by atoms with Gasteiger partial charge in [0.1, 0.15) is 11.4 Å². The van der Waals surface area contributed by atoms with Crippen LogP contribution in [0.15, 0.2) is 15.0 Å². The number of hydrogen-bond donors (Lipinski definition) is 3. The fourth-order valence-corrected chi connectivity index (χ4v) is 2.92. The van der Waals surface area contributed by atoms with Crippen molar-refractivity contribution in [1.82, 2.24) is 14.5 Å². The monoisotopic (exact) mass is 325 g/mol. The van der Waals surface area contributed by atoms with E-state index < -0.39 is 11.2 Å². The molecule has 0 amide bonds. The number of hydrogen-bond acceptors (Lipinski definition) is 7. The average Bonchev–Trinajstić information content (AvgIpc) is 2.87. The van der Waals surface area contributed by atoms with Crippen molar-refractivity contribution in [3.05, 3.63) is 26.2 Å². The van der Waals surface area contributed by atoms with Crippen molar-refractivity contribution >= 4 is 22.3 Å². The second-order valence-corrected chi connectivity index (χ2v) is 5.66. The van der Waals surface area contributed by atoms with Gasteiger partial charge >= 0.3 is 5.69 Å². The van der Waals surface area contributed by atoms with Gasteiger partial charge in [-0.05, 0) is 13.8 Å². The van der Waals surface area contributed by atoms with E-state index in [1.54, 1.807) is 19.4 Å². The number of ether oxygens (including phenoxy) is 1. The first-order valence-electron chi connectivity index (χ1n) is 6.81. The topological polar surface area (TPSA) is 115 Å². The molecular formula is C13H19N5O3S. The summed E-state index contributed by atoms with van der Waals surface area (Å²) in [5, 5.41) is 5.56. The van der Waals surface area contributed by atoms with Crippen molar-refractivity contribution in [2.45, 2.75) is 26.4 Å². The molecule has 0 unspecified atom stereocenters. The Morgan fingerprint density at radius 2 is 2.27 bits per heavy atom. The highest BCUT2D eigenvalue weighted by Gasteiger charge is 2.16. The van der Waals surface area contributed by atoms with Gasteiger partial charge in [0, 0.05) is 25.1 Å². The van der Waals surface area contributed by atoms with Crippen LogP contribution in [0.25, 0.3) is 11.3 Å². The Morgan fingerprint density at radius 1 is 1.55 bits per heavy atom. The maximum atomic E-state index is 12.0. The third kappa shape index (κ3) is 3.20. The van der Waals surface area contributed by atoms with Gasteiger partial charge in [-0.25, -0.2) is 9.78 Å². The lowest BCUT2D eigenvalue weighted by molar-refractivity contribution is 0.190. The number of nitrogen functional groups attached to an aromatic ring is 1. The Hall–Kier alpha value is -2.13. The number of thiazole rings is 1. The van der Waals surface area contributed by atoms with Crippen LogP contribution < -0.4 is 22.3 Å². The molecule has 0 saturated heterocycles. The summed E-state index contributed by atoms with van der Waals surface area (Å²) in [6.45, 7) is 4.65. The van der Waals surface area contributed by atoms with E-state index >= 15 is 0 Å². The molecule has 22 heavy (non-hydrogen) atoms. The molecule has 0 fully saturated rings. The Morgan fingerprint density at radius 3 is 2.91 bits per heavy atom. The summed E-state index contributed by atoms with van der Waals surface area (Å²) in [5.41, 5.74) is 5.56. The van der Waals surface area contributed by atoms with Gasteiger partial charge in [-0.2, -0.15) is 0 Å². The number of H-pyrrole nitrogens is 1. The highest BCUT2D eigenvalue weighted by molar-refractivity contribution is 7.14. The van der Waals surface area contributed by atoms with Crippen LogP contribution in [-0.2, 0) is 11.3 Å². The molecule has 2 aromatic rings. The third-order valence-electron chi connectivity index (χ3n) is 3.10. The van der Waals surface area contributed by atoms with Crippen molar-refractivity contribution in [3.63, 3.8) is 0 Å². The van der Waals surface area contributed by atoms with Crippen LogP contribution in [-0.4, -0.2) is 34.3 Å². The molecular weight excluding hydrogens is 306 g/mol. The minimum absolute atomic E-state index is 0.0872. The summed E-state index contributed by atoms with van der Waals surface area (Å²) in [6.07, 6.45) is 0. The zero-order valence-electron chi connectivity index (χ0n) is 12.7. The van der Waals surface area contributed by atoms with Crippen LogP contribution in [0.2, 0.25) is 0 Å². The van der Waals surface area contributed by atoms with Crippen molar-refractivity contribution in [2.75, 3.05) is 24.8 Å². The molecule has 120 valence electrons.